The van der Waals surface area contributed by atoms with Gasteiger partial charge in [0.2, 0.25) is 11.8 Å². The van der Waals surface area contributed by atoms with E-state index in [9.17, 15) is 14.0 Å². The van der Waals surface area contributed by atoms with E-state index in [-0.39, 0.29) is 30.7 Å². The number of para-hydroxylation sites is 1. The summed E-state index contributed by atoms with van der Waals surface area (Å²) in [4.78, 5) is 33.0. The summed E-state index contributed by atoms with van der Waals surface area (Å²) in [7, 11) is 0. The molecule has 0 bridgehead atoms. The molecule has 4 rings (SSSR count). The van der Waals surface area contributed by atoms with E-state index in [4.69, 9.17) is 0 Å². The maximum Gasteiger partial charge on any atom is 0.249 e. The minimum absolute atomic E-state index is 0.0179. The topological polar surface area (TPSA) is 53.0 Å². The van der Waals surface area contributed by atoms with Gasteiger partial charge in [-0.05, 0) is 31.0 Å². The van der Waals surface area contributed by atoms with Crippen LogP contribution in [0.2, 0.25) is 0 Å². The first-order valence-corrected chi connectivity index (χ1v) is 9.12. The smallest absolute Gasteiger partial charge is 0.249 e. The summed E-state index contributed by atoms with van der Waals surface area (Å²) in [5.74, 6) is -0.716. The highest BCUT2D eigenvalue weighted by molar-refractivity contribution is 6.20. The molecular weight excluding hydrogens is 345 g/mol. The molecule has 1 saturated heterocycles. The number of aliphatic imine (C=N–C) groups is 1. The largest absolute Gasteiger partial charge is 0.341 e. The van der Waals surface area contributed by atoms with Crippen molar-refractivity contribution in [1.29, 1.82) is 0 Å². The summed E-state index contributed by atoms with van der Waals surface area (Å²) in [5.41, 5.74) is 2.04. The predicted molar refractivity (Wildman–Crippen MR) is 102 cm³/mol. The summed E-state index contributed by atoms with van der Waals surface area (Å²) in [6.45, 7) is 1.33. The van der Waals surface area contributed by atoms with Crippen molar-refractivity contribution < 1.29 is 14.0 Å². The van der Waals surface area contributed by atoms with Crippen LogP contribution in [0.3, 0.4) is 0 Å². The molecule has 2 aliphatic heterocycles. The van der Waals surface area contributed by atoms with E-state index in [0.29, 0.717) is 22.5 Å². The van der Waals surface area contributed by atoms with Crippen LogP contribution in [0, 0.1) is 5.82 Å². The Hall–Kier alpha value is -3.02. The summed E-state index contributed by atoms with van der Waals surface area (Å²) in [6, 6.07) is 13.6. The molecule has 0 saturated carbocycles. The fraction of sp³-hybridized carbons (Fsp3) is 0.286. The van der Waals surface area contributed by atoms with Crippen LogP contribution in [-0.4, -0.2) is 48.6 Å². The Bertz CT molecular complexity index is 919. The summed E-state index contributed by atoms with van der Waals surface area (Å²) < 4.78 is 14.4. The summed E-state index contributed by atoms with van der Waals surface area (Å²) >= 11 is 0. The van der Waals surface area contributed by atoms with Crippen molar-refractivity contribution in [3.05, 3.63) is 65.5 Å². The Balaban J connectivity index is 1.73. The van der Waals surface area contributed by atoms with Crippen LogP contribution in [0.1, 0.15) is 24.0 Å². The second-order valence-corrected chi connectivity index (χ2v) is 6.73. The number of hydrogen-bond acceptors (Lipinski definition) is 3. The molecule has 0 atom stereocenters. The number of carbonyl (C=O) groups is 2. The molecular formula is C21H20FN3O2. The number of hydrogen-bond donors (Lipinski definition) is 0. The maximum absolute atomic E-state index is 14.4. The zero-order valence-corrected chi connectivity index (χ0v) is 14.9. The van der Waals surface area contributed by atoms with Crippen LogP contribution < -0.4 is 4.90 Å². The van der Waals surface area contributed by atoms with Crippen molar-refractivity contribution in [2.75, 3.05) is 31.1 Å². The van der Waals surface area contributed by atoms with Gasteiger partial charge in [-0.1, -0.05) is 30.3 Å². The highest BCUT2D eigenvalue weighted by Crippen LogP contribution is 2.28. The second-order valence-electron chi connectivity index (χ2n) is 6.73. The number of anilines is 1. The Kier molecular flexibility index (Phi) is 4.71. The lowest BCUT2D eigenvalue weighted by Crippen LogP contribution is -2.42. The number of likely N-dealkylation sites (tertiary alicyclic amines) is 1. The van der Waals surface area contributed by atoms with Gasteiger partial charge in [-0.25, -0.2) is 4.39 Å². The van der Waals surface area contributed by atoms with E-state index in [1.54, 1.807) is 29.2 Å². The highest BCUT2D eigenvalue weighted by Gasteiger charge is 2.29. The third kappa shape index (κ3) is 3.35. The predicted octanol–water partition coefficient (Wildman–Crippen LogP) is 2.63. The van der Waals surface area contributed by atoms with Gasteiger partial charge in [-0.2, -0.15) is 0 Å². The van der Waals surface area contributed by atoms with Gasteiger partial charge in [0, 0.05) is 24.2 Å². The molecule has 0 N–H and O–H groups in total. The number of benzodiazepines with no additional fused rings is 1. The van der Waals surface area contributed by atoms with Gasteiger partial charge in [-0.15, -0.1) is 0 Å². The van der Waals surface area contributed by atoms with Crippen molar-refractivity contribution in [2.45, 2.75) is 12.8 Å². The van der Waals surface area contributed by atoms with E-state index < -0.39 is 0 Å². The number of nitrogens with zero attached hydrogens (tertiary/aromatic N) is 3. The van der Waals surface area contributed by atoms with Gasteiger partial charge < -0.3 is 9.80 Å². The molecule has 2 aliphatic rings. The first kappa shape index (κ1) is 17.4. The maximum atomic E-state index is 14.4. The molecule has 1 fully saturated rings. The fourth-order valence-corrected chi connectivity index (χ4v) is 3.62. The van der Waals surface area contributed by atoms with Gasteiger partial charge in [0.15, 0.2) is 0 Å². The van der Waals surface area contributed by atoms with Gasteiger partial charge in [0.1, 0.15) is 18.9 Å². The van der Waals surface area contributed by atoms with Gasteiger partial charge >= 0.3 is 0 Å². The van der Waals surface area contributed by atoms with Crippen LogP contribution in [-0.2, 0) is 9.59 Å². The summed E-state index contributed by atoms with van der Waals surface area (Å²) in [5, 5.41) is 0. The zero-order chi connectivity index (χ0) is 18.8. The van der Waals surface area contributed by atoms with Crippen molar-refractivity contribution >= 4 is 23.2 Å². The van der Waals surface area contributed by atoms with Crippen molar-refractivity contribution in [3.63, 3.8) is 0 Å². The van der Waals surface area contributed by atoms with E-state index in [1.807, 2.05) is 18.2 Å². The average molecular weight is 365 g/mol. The lowest BCUT2D eigenvalue weighted by molar-refractivity contribution is -0.130. The first-order valence-electron chi connectivity index (χ1n) is 9.12. The monoisotopic (exact) mass is 365 g/mol. The SMILES string of the molecule is O=C(CN1C(=O)CN=C(c2ccccc2F)c2ccccc21)N1CCCC1. The molecule has 0 radical (unpaired) electrons. The van der Waals surface area contributed by atoms with Crippen LogP contribution in [0.15, 0.2) is 53.5 Å². The van der Waals surface area contributed by atoms with Crippen LogP contribution >= 0.6 is 0 Å². The molecule has 138 valence electrons. The molecule has 27 heavy (non-hydrogen) atoms. The zero-order valence-electron chi connectivity index (χ0n) is 14.9. The molecule has 0 aliphatic carbocycles. The Morgan fingerprint density at radius 2 is 1.67 bits per heavy atom. The number of amides is 2. The molecule has 5 nitrogen and oxygen atoms in total. The van der Waals surface area contributed by atoms with Crippen LogP contribution in [0.4, 0.5) is 10.1 Å². The van der Waals surface area contributed by atoms with E-state index in [2.05, 4.69) is 4.99 Å². The molecule has 6 heteroatoms. The molecule has 2 heterocycles. The Labute approximate surface area is 157 Å². The fourth-order valence-electron chi connectivity index (χ4n) is 3.62. The summed E-state index contributed by atoms with van der Waals surface area (Å²) in [6.07, 6.45) is 1.99. The Morgan fingerprint density at radius 1 is 1.00 bits per heavy atom. The Morgan fingerprint density at radius 3 is 2.41 bits per heavy atom. The quantitative estimate of drug-likeness (QED) is 0.840. The molecule has 2 aromatic rings. The van der Waals surface area contributed by atoms with Gasteiger partial charge in [-0.3, -0.25) is 14.6 Å². The molecule has 2 amide bonds. The molecule has 2 aromatic carbocycles. The number of rotatable bonds is 3. The third-order valence-electron chi connectivity index (χ3n) is 5.00. The number of benzene rings is 2. The normalized spacial score (nSPS) is 16.8. The highest BCUT2D eigenvalue weighted by atomic mass is 19.1. The minimum Gasteiger partial charge on any atom is -0.341 e. The van der Waals surface area contributed by atoms with Gasteiger partial charge in [0.25, 0.3) is 0 Å². The lowest BCUT2D eigenvalue weighted by atomic mass is 9.99. The molecule has 0 unspecified atom stereocenters. The van der Waals surface area contributed by atoms with Crippen molar-refractivity contribution in [1.82, 2.24) is 4.90 Å². The van der Waals surface area contributed by atoms with E-state index in [0.717, 1.165) is 25.9 Å². The third-order valence-corrected chi connectivity index (χ3v) is 5.00. The standard InChI is InChI=1S/C21H20FN3O2/c22-17-9-3-1-7-15(17)21-16-8-2-4-10-18(16)25(19(26)13-23-21)14-20(27)24-11-5-6-12-24/h1-4,7-10H,5-6,11-14H2. The average Bonchev–Trinajstić information content (AvgIpc) is 3.18. The molecule has 0 spiro atoms. The van der Waals surface area contributed by atoms with Crippen LogP contribution in [0.5, 0.6) is 0 Å². The van der Waals surface area contributed by atoms with E-state index >= 15 is 0 Å². The van der Waals surface area contributed by atoms with Crippen molar-refractivity contribution in [2.24, 2.45) is 4.99 Å². The second kappa shape index (κ2) is 7.31. The van der Waals surface area contributed by atoms with Crippen LogP contribution in [0.25, 0.3) is 0 Å². The van der Waals surface area contributed by atoms with E-state index in [1.165, 1.54) is 11.0 Å². The number of fused-ring (bicyclic) bond motifs is 1. The minimum atomic E-state index is -0.389. The lowest BCUT2D eigenvalue weighted by Gasteiger charge is -2.25. The van der Waals surface area contributed by atoms with Gasteiger partial charge in [0.05, 0.1) is 11.4 Å². The number of halogens is 1. The molecule has 0 aromatic heterocycles. The van der Waals surface area contributed by atoms with Crippen molar-refractivity contribution in [3.8, 4) is 0 Å². The first-order chi connectivity index (χ1) is 13.1. The number of carbonyl (C=O) groups excluding carboxylic acids is 2.